The van der Waals surface area contributed by atoms with Gasteiger partial charge in [-0.25, -0.2) is 0 Å². The van der Waals surface area contributed by atoms with E-state index in [-0.39, 0.29) is 0 Å². The van der Waals surface area contributed by atoms with E-state index in [1.807, 2.05) is 0 Å². The van der Waals surface area contributed by atoms with Gasteiger partial charge in [0.25, 0.3) is 0 Å². The molecule has 0 saturated heterocycles. The first-order chi connectivity index (χ1) is 8.70. The van der Waals surface area contributed by atoms with Crippen LogP contribution in [0.25, 0.3) is 0 Å². The summed E-state index contributed by atoms with van der Waals surface area (Å²) in [5.74, 6) is 0.757. The number of hydrogen-bond donors (Lipinski definition) is 0. The van der Waals surface area contributed by atoms with Crippen molar-refractivity contribution in [3.63, 3.8) is 0 Å². The SMILES string of the molecule is CC(C)N(CCCCl)Cc1ccc2c(c1)CCC2. The number of halogens is 1. The molecule has 0 saturated carbocycles. The average molecular weight is 266 g/mol. The minimum Gasteiger partial charge on any atom is -0.297 e. The summed E-state index contributed by atoms with van der Waals surface area (Å²) in [6.07, 6.45) is 4.95. The van der Waals surface area contributed by atoms with Crippen LogP contribution in [0.15, 0.2) is 18.2 Å². The van der Waals surface area contributed by atoms with Crippen LogP contribution in [0.5, 0.6) is 0 Å². The predicted octanol–water partition coefficient (Wildman–Crippen LogP) is 4.01. The van der Waals surface area contributed by atoms with E-state index < -0.39 is 0 Å². The highest BCUT2D eigenvalue weighted by Gasteiger charge is 2.13. The van der Waals surface area contributed by atoms with Gasteiger partial charge in [0.2, 0.25) is 0 Å². The fourth-order valence-corrected chi connectivity index (χ4v) is 2.86. The van der Waals surface area contributed by atoms with Crippen LogP contribution in [0.4, 0.5) is 0 Å². The van der Waals surface area contributed by atoms with Gasteiger partial charge in [0.15, 0.2) is 0 Å². The second kappa shape index (κ2) is 6.58. The molecule has 1 aliphatic rings. The summed E-state index contributed by atoms with van der Waals surface area (Å²) in [5, 5.41) is 0. The molecule has 0 aromatic heterocycles. The van der Waals surface area contributed by atoms with Crippen LogP contribution in [0.2, 0.25) is 0 Å². The molecule has 0 fully saturated rings. The molecule has 0 atom stereocenters. The minimum absolute atomic E-state index is 0.585. The van der Waals surface area contributed by atoms with E-state index in [2.05, 4.69) is 36.9 Å². The summed E-state index contributed by atoms with van der Waals surface area (Å²) in [6, 6.07) is 7.64. The highest BCUT2D eigenvalue weighted by molar-refractivity contribution is 6.17. The lowest BCUT2D eigenvalue weighted by Crippen LogP contribution is -2.31. The van der Waals surface area contributed by atoms with Crippen molar-refractivity contribution in [2.24, 2.45) is 0 Å². The number of benzene rings is 1. The van der Waals surface area contributed by atoms with E-state index in [9.17, 15) is 0 Å². The molecule has 2 heteroatoms. The number of nitrogens with zero attached hydrogens (tertiary/aromatic N) is 1. The lowest BCUT2D eigenvalue weighted by Gasteiger charge is -2.26. The number of hydrogen-bond acceptors (Lipinski definition) is 1. The van der Waals surface area contributed by atoms with Crippen molar-refractivity contribution >= 4 is 11.6 Å². The summed E-state index contributed by atoms with van der Waals surface area (Å²) in [5.41, 5.74) is 4.60. The molecule has 100 valence electrons. The topological polar surface area (TPSA) is 3.24 Å². The molecule has 1 aliphatic carbocycles. The van der Waals surface area contributed by atoms with Crippen LogP contribution in [0.3, 0.4) is 0 Å². The normalized spacial score (nSPS) is 14.5. The maximum absolute atomic E-state index is 5.80. The van der Waals surface area contributed by atoms with Crippen molar-refractivity contribution < 1.29 is 0 Å². The lowest BCUT2D eigenvalue weighted by atomic mass is 10.1. The van der Waals surface area contributed by atoms with Crippen LogP contribution in [-0.2, 0) is 19.4 Å². The summed E-state index contributed by atoms with van der Waals surface area (Å²) in [4.78, 5) is 2.51. The zero-order valence-electron chi connectivity index (χ0n) is 11.6. The molecule has 0 radical (unpaired) electrons. The Labute approximate surface area is 116 Å². The van der Waals surface area contributed by atoms with E-state index in [0.717, 1.165) is 25.4 Å². The van der Waals surface area contributed by atoms with Crippen molar-refractivity contribution in [3.05, 3.63) is 34.9 Å². The van der Waals surface area contributed by atoms with Crippen LogP contribution in [0, 0.1) is 0 Å². The molecule has 0 amide bonds. The second-order valence-electron chi connectivity index (χ2n) is 5.56. The van der Waals surface area contributed by atoms with Gasteiger partial charge in [0, 0.05) is 18.5 Å². The van der Waals surface area contributed by atoms with Crippen molar-refractivity contribution in [1.29, 1.82) is 0 Å². The quantitative estimate of drug-likeness (QED) is 0.703. The van der Waals surface area contributed by atoms with Crippen molar-refractivity contribution in [3.8, 4) is 0 Å². The van der Waals surface area contributed by atoms with E-state index in [0.29, 0.717) is 6.04 Å². The highest BCUT2D eigenvalue weighted by atomic mass is 35.5. The van der Waals surface area contributed by atoms with Crippen LogP contribution in [0.1, 0.15) is 43.4 Å². The fourth-order valence-electron chi connectivity index (χ4n) is 2.74. The van der Waals surface area contributed by atoms with E-state index in [4.69, 9.17) is 11.6 Å². The monoisotopic (exact) mass is 265 g/mol. The predicted molar refractivity (Wildman–Crippen MR) is 79.4 cm³/mol. The van der Waals surface area contributed by atoms with Crippen LogP contribution < -0.4 is 0 Å². The molecule has 1 nitrogen and oxygen atoms in total. The molecule has 0 heterocycles. The van der Waals surface area contributed by atoms with Gasteiger partial charge in [-0.2, -0.15) is 0 Å². The Balaban J connectivity index is 2.02. The molecule has 0 bridgehead atoms. The zero-order chi connectivity index (χ0) is 13.0. The van der Waals surface area contributed by atoms with Crippen molar-refractivity contribution in [2.75, 3.05) is 12.4 Å². The molecule has 1 aromatic carbocycles. The maximum atomic E-state index is 5.80. The zero-order valence-corrected chi connectivity index (χ0v) is 12.3. The number of aryl methyl sites for hydroxylation is 2. The second-order valence-corrected chi connectivity index (χ2v) is 5.94. The van der Waals surface area contributed by atoms with Crippen molar-refractivity contribution in [2.45, 2.75) is 52.1 Å². The molecule has 0 unspecified atom stereocenters. The third-order valence-electron chi connectivity index (χ3n) is 3.86. The smallest absolute Gasteiger partial charge is 0.0236 e. The minimum atomic E-state index is 0.585. The van der Waals surface area contributed by atoms with Gasteiger partial charge in [0.1, 0.15) is 0 Å². The number of rotatable bonds is 6. The summed E-state index contributed by atoms with van der Waals surface area (Å²) >= 11 is 5.80. The van der Waals surface area contributed by atoms with Gasteiger partial charge < -0.3 is 0 Å². The Hall–Kier alpha value is -0.530. The largest absolute Gasteiger partial charge is 0.297 e. The van der Waals surface area contributed by atoms with Crippen molar-refractivity contribution in [1.82, 2.24) is 4.90 Å². The fraction of sp³-hybridized carbons (Fsp3) is 0.625. The standard InChI is InChI=1S/C16H24ClN/c1-13(2)18(10-4-9-17)12-14-7-8-15-5-3-6-16(15)11-14/h7-8,11,13H,3-6,9-10,12H2,1-2H3. The number of alkyl halides is 1. The first-order valence-electron chi connectivity index (χ1n) is 7.11. The molecule has 0 spiro atoms. The van der Waals surface area contributed by atoms with Gasteiger partial charge in [-0.05, 0) is 62.8 Å². The Bertz CT molecular complexity index is 387. The number of fused-ring (bicyclic) bond motifs is 1. The lowest BCUT2D eigenvalue weighted by molar-refractivity contribution is 0.213. The van der Waals surface area contributed by atoms with Gasteiger partial charge in [-0.3, -0.25) is 4.90 Å². The van der Waals surface area contributed by atoms with Crippen LogP contribution >= 0.6 is 11.6 Å². The molecule has 0 aliphatic heterocycles. The molecule has 0 N–H and O–H groups in total. The third kappa shape index (κ3) is 3.49. The third-order valence-corrected chi connectivity index (χ3v) is 4.13. The Morgan fingerprint density at radius 3 is 2.72 bits per heavy atom. The first-order valence-corrected chi connectivity index (χ1v) is 7.65. The van der Waals surface area contributed by atoms with Gasteiger partial charge in [0.05, 0.1) is 0 Å². The molecular formula is C16H24ClN. The van der Waals surface area contributed by atoms with E-state index in [1.165, 1.54) is 24.8 Å². The van der Waals surface area contributed by atoms with Gasteiger partial charge in [-0.15, -0.1) is 11.6 Å². The summed E-state index contributed by atoms with van der Waals surface area (Å²) in [6.45, 7) is 6.68. The van der Waals surface area contributed by atoms with Crippen LogP contribution in [-0.4, -0.2) is 23.4 Å². The average Bonchev–Trinajstić information content (AvgIpc) is 2.81. The summed E-state index contributed by atoms with van der Waals surface area (Å²) < 4.78 is 0. The van der Waals surface area contributed by atoms with Gasteiger partial charge in [-0.1, -0.05) is 18.2 Å². The molecule has 18 heavy (non-hydrogen) atoms. The maximum Gasteiger partial charge on any atom is 0.0236 e. The molecule has 1 aromatic rings. The Kier molecular flexibility index (Phi) is 5.08. The molecular weight excluding hydrogens is 242 g/mol. The first kappa shape index (κ1) is 13.9. The van der Waals surface area contributed by atoms with E-state index >= 15 is 0 Å². The van der Waals surface area contributed by atoms with E-state index in [1.54, 1.807) is 11.1 Å². The Morgan fingerprint density at radius 1 is 1.22 bits per heavy atom. The highest BCUT2D eigenvalue weighted by Crippen LogP contribution is 2.23. The molecule has 2 rings (SSSR count). The Morgan fingerprint density at radius 2 is 2.00 bits per heavy atom. The van der Waals surface area contributed by atoms with Gasteiger partial charge >= 0.3 is 0 Å². The summed E-state index contributed by atoms with van der Waals surface area (Å²) in [7, 11) is 0.